The van der Waals surface area contributed by atoms with Crippen molar-refractivity contribution in [2.45, 2.75) is 12.7 Å². The van der Waals surface area contributed by atoms with E-state index in [1.807, 2.05) is 4.90 Å². The fourth-order valence-corrected chi connectivity index (χ4v) is 4.12. The lowest BCUT2D eigenvalue weighted by atomic mass is 10.1. The minimum atomic E-state index is -4.56. The average molecular weight is 441 g/mol. The van der Waals surface area contributed by atoms with Crippen LogP contribution < -0.4 is 5.32 Å². The summed E-state index contributed by atoms with van der Waals surface area (Å²) in [5.74, 6) is -0.498. The van der Waals surface area contributed by atoms with Gasteiger partial charge in [0.2, 0.25) is 10.0 Å². The summed E-state index contributed by atoms with van der Waals surface area (Å²) in [6, 6.07) is 11.7. The number of sulfonamides is 1. The molecule has 0 saturated carbocycles. The first kappa shape index (κ1) is 22.3. The third kappa shape index (κ3) is 5.80. The number of alkyl halides is 3. The summed E-state index contributed by atoms with van der Waals surface area (Å²) in [5, 5.41) is 2.53. The van der Waals surface area contributed by atoms with Gasteiger partial charge in [-0.25, -0.2) is 8.42 Å². The Balaban J connectivity index is 1.77. The van der Waals surface area contributed by atoms with E-state index in [0.717, 1.165) is 18.4 Å². The number of nitrogens with one attached hydrogen (secondary N) is 1. The number of nitrogens with zero attached hydrogens (tertiary/aromatic N) is 2. The summed E-state index contributed by atoms with van der Waals surface area (Å²) in [5.41, 5.74) is -0.0593. The molecule has 1 fully saturated rings. The monoisotopic (exact) mass is 441 g/mol. The molecule has 2 aromatic carbocycles. The van der Waals surface area contributed by atoms with Crippen LogP contribution >= 0.6 is 0 Å². The van der Waals surface area contributed by atoms with Gasteiger partial charge in [0.15, 0.2) is 0 Å². The minimum Gasteiger partial charge on any atom is -0.322 e. The molecule has 1 heterocycles. The van der Waals surface area contributed by atoms with E-state index >= 15 is 0 Å². The molecule has 0 aliphatic carbocycles. The molecule has 3 rings (SSSR count). The Morgan fingerprint density at radius 1 is 1.03 bits per heavy atom. The van der Waals surface area contributed by atoms with Crippen LogP contribution in [0.5, 0.6) is 0 Å². The van der Waals surface area contributed by atoms with Crippen molar-refractivity contribution in [1.82, 2.24) is 9.21 Å². The zero-order valence-electron chi connectivity index (χ0n) is 16.3. The summed E-state index contributed by atoms with van der Waals surface area (Å²) in [6.07, 6.45) is -3.42. The quantitative estimate of drug-likeness (QED) is 0.775. The highest BCUT2D eigenvalue weighted by molar-refractivity contribution is 7.88. The second-order valence-electron chi connectivity index (χ2n) is 7.17. The average Bonchev–Trinajstić information content (AvgIpc) is 2.67. The highest BCUT2D eigenvalue weighted by Crippen LogP contribution is 2.32. The first-order valence-electron chi connectivity index (χ1n) is 9.27. The van der Waals surface area contributed by atoms with Gasteiger partial charge in [0.25, 0.3) is 5.91 Å². The molecule has 0 unspecified atom stereocenters. The maximum atomic E-state index is 13.4. The van der Waals surface area contributed by atoms with Gasteiger partial charge >= 0.3 is 6.18 Å². The number of hydrogen-bond acceptors (Lipinski definition) is 4. The van der Waals surface area contributed by atoms with E-state index < -0.39 is 27.7 Å². The normalized spacial score (nSPS) is 16.4. The van der Waals surface area contributed by atoms with Crippen LogP contribution in [-0.2, 0) is 22.7 Å². The molecule has 0 bridgehead atoms. The standard InChI is InChI=1S/C20H22F3N3O3S/c1-30(28,29)26-9-7-25(8-10-26)14-15-11-17(20(21,22)23)13-18(12-15)24-19(27)16-5-3-2-4-6-16/h2-6,11-13H,7-10,14H2,1H3,(H,24,27). The molecule has 1 aliphatic heterocycles. The largest absolute Gasteiger partial charge is 0.416 e. The molecule has 0 spiro atoms. The van der Waals surface area contributed by atoms with Gasteiger partial charge < -0.3 is 5.32 Å². The summed E-state index contributed by atoms with van der Waals surface area (Å²) >= 11 is 0. The Labute approximate surface area is 173 Å². The van der Waals surface area contributed by atoms with E-state index in [1.54, 1.807) is 30.3 Å². The molecule has 6 nitrogen and oxygen atoms in total. The Morgan fingerprint density at radius 3 is 2.23 bits per heavy atom. The second kappa shape index (κ2) is 8.75. The lowest BCUT2D eigenvalue weighted by Crippen LogP contribution is -2.47. The molecule has 1 aliphatic rings. The van der Waals surface area contributed by atoms with Gasteiger partial charge in [0, 0.05) is 44.0 Å². The molecule has 1 saturated heterocycles. The Hall–Kier alpha value is -2.43. The zero-order valence-corrected chi connectivity index (χ0v) is 17.1. The second-order valence-corrected chi connectivity index (χ2v) is 9.16. The third-order valence-electron chi connectivity index (χ3n) is 4.82. The maximum Gasteiger partial charge on any atom is 0.416 e. The SMILES string of the molecule is CS(=O)(=O)N1CCN(Cc2cc(NC(=O)c3ccccc3)cc(C(F)(F)F)c2)CC1. The highest BCUT2D eigenvalue weighted by Gasteiger charge is 2.32. The number of rotatable bonds is 5. The van der Waals surface area contributed by atoms with Crippen molar-refractivity contribution in [3.8, 4) is 0 Å². The predicted molar refractivity (Wildman–Crippen MR) is 108 cm³/mol. The van der Waals surface area contributed by atoms with Crippen molar-refractivity contribution < 1.29 is 26.4 Å². The van der Waals surface area contributed by atoms with Gasteiger partial charge in [-0.3, -0.25) is 9.69 Å². The number of anilines is 1. The topological polar surface area (TPSA) is 69.7 Å². The smallest absolute Gasteiger partial charge is 0.322 e. The molecular weight excluding hydrogens is 419 g/mol. The summed E-state index contributed by atoms with van der Waals surface area (Å²) in [4.78, 5) is 14.2. The third-order valence-corrected chi connectivity index (χ3v) is 6.12. The van der Waals surface area contributed by atoms with Crippen molar-refractivity contribution in [1.29, 1.82) is 0 Å². The van der Waals surface area contributed by atoms with Gasteiger partial charge in [-0.2, -0.15) is 17.5 Å². The molecule has 0 atom stereocenters. The van der Waals surface area contributed by atoms with Crippen LogP contribution in [0.15, 0.2) is 48.5 Å². The minimum absolute atomic E-state index is 0.0587. The van der Waals surface area contributed by atoms with Crippen LogP contribution in [-0.4, -0.2) is 56.0 Å². The first-order valence-corrected chi connectivity index (χ1v) is 11.1. The Morgan fingerprint density at radius 2 is 1.67 bits per heavy atom. The summed E-state index contributed by atoms with van der Waals surface area (Å²) < 4.78 is 64.7. The number of carbonyl (C=O) groups is 1. The molecular formula is C20H22F3N3O3S. The molecule has 2 aromatic rings. The number of benzene rings is 2. The van der Waals surface area contributed by atoms with Crippen LogP contribution in [0.2, 0.25) is 0 Å². The molecule has 0 aromatic heterocycles. The van der Waals surface area contributed by atoms with Gasteiger partial charge in [-0.05, 0) is 35.9 Å². The predicted octanol–water partition coefficient (Wildman–Crippen LogP) is 3.03. The van der Waals surface area contributed by atoms with E-state index in [9.17, 15) is 26.4 Å². The lowest BCUT2D eigenvalue weighted by molar-refractivity contribution is -0.137. The van der Waals surface area contributed by atoms with E-state index in [0.29, 0.717) is 24.2 Å². The molecule has 1 amide bonds. The van der Waals surface area contributed by atoms with Crippen LogP contribution in [0.4, 0.5) is 18.9 Å². The van der Waals surface area contributed by atoms with Crippen molar-refractivity contribution in [3.63, 3.8) is 0 Å². The highest BCUT2D eigenvalue weighted by atomic mass is 32.2. The lowest BCUT2D eigenvalue weighted by Gasteiger charge is -2.33. The fourth-order valence-electron chi connectivity index (χ4n) is 3.29. The van der Waals surface area contributed by atoms with Crippen LogP contribution in [0.25, 0.3) is 0 Å². The van der Waals surface area contributed by atoms with Gasteiger partial charge in [-0.15, -0.1) is 0 Å². The van der Waals surface area contributed by atoms with Gasteiger partial charge in [0.1, 0.15) is 0 Å². The molecule has 1 N–H and O–H groups in total. The van der Waals surface area contributed by atoms with Crippen LogP contribution in [0, 0.1) is 0 Å². The zero-order chi connectivity index (χ0) is 21.9. The number of hydrogen-bond donors (Lipinski definition) is 1. The Bertz CT molecular complexity index is 1000. The number of amides is 1. The fraction of sp³-hybridized carbons (Fsp3) is 0.350. The summed E-state index contributed by atoms with van der Waals surface area (Å²) in [7, 11) is -3.28. The van der Waals surface area contributed by atoms with Crippen LogP contribution in [0.1, 0.15) is 21.5 Å². The molecule has 162 valence electrons. The van der Waals surface area contributed by atoms with Crippen LogP contribution in [0.3, 0.4) is 0 Å². The van der Waals surface area contributed by atoms with Crippen molar-refractivity contribution in [2.75, 3.05) is 37.8 Å². The number of carbonyl (C=O) groups excluding carboxylic acids is 1. The van der Waals surface area contributed by atoms with E-state index in [2.05, 4.69) is 5.32 Å². The first-order chi connectivity index (χ1) is 14.0. The van der Waals surface area contributed by atoms with Crippen molar-refractivity contribution in [3.05, 3.63) is 65.2 Å². The molecule has 10 heteroatoms. The van der Waals surface area contributed by atoms with E-state index in [4.69, 9.17) is 0 Å². The van der Waals surface area contributed by atoms with E-state index in [-0.39, 0.29) is 25.3 Å². The van der Waals surface area contributed by atoms with Gasteiger partial charge in [0.05, 0.1) is 11.8 Å². The van der Waals surface area contributed by atoms with E-state index in [1.165, 1.54) is 10.4 Å². The van der Waals surface area contributed by atoms with Crippen molar-refractivity contribution in [2.24, 2.45) is 0 Å². The Kier molecular flexibility index (Phi) is 6.49. The summed E-state index contributed by atoms with van der Waals surface area (Å²) in [6.45, 7) is 1.62. The number of halogens is 3. The van der Waals surface area contributed by atoms with Crippen molar-refractivity contribution >= 4 is 21.6 Å². The number of piperazine rings is 1. The molecule has 0 radical (unpaired) electrons. The molecule has 30 heavy (non-hydrogen) atoms. The maximum absolute atomic E-state index is 13.4. The van der Waals surface area contributed by atoms with Gasteiger partial charge in [-0.1, -0.05) is 18.2 Å².